The van der Waals surface area contributed by atoms with E-state index in [0.717, 1.165) is 56.5 Å². The first-order valence-electron chi connectivity index (χ1n) is 9.88. The normalized spacial score (nSPS) is 17.9. The topological polar surface area (TPSA) is 77.8 Å². The summed E-state index contributed by atoms with van der Waals surface area (Å²) in [6.45, 7) is 8.76. The van der Waals surface area contributed by atoms with Gasteiger partial charge in [0.2, 0.25) is 6.79 Å². The molecule has 1 unspecified atom stereocenters. The summed E-state index contributed by atoms with van der Waals surface area (Å²) in [6.07, 6.45) is 0.982. The van der Waals surface area contributed by atoms with E-state index in [1.807, 2.05) is 10.7 Å². The minimum absolute atomic E-state index is 0. The molecule has 0 radical (unpaired) electrons. The Kier molecular flexibility index (Phi) is 7.65. The number of tetrazole rings is 1. The van der Waals surface area contributed by atoms with Crippen LogP contribution in [0, 0.1) is 0 Å². The van der Waals surface area contributed by atoms with Gasteiger partial charge in [-0.3, -0.25) is 9.80 Å². The summed E-state index contributed by atoms with van der Waals surface area (Å²) in [6, 6.07) is 6.45. The standard InChI is InChI=1S/C19H28N6O3.ClH/c1-3-16(19-20-21-22-25(19)10-11-26-2)24-8-6-23(7-9-24)13-15-4-5-17-18(12-15)28-14-27-17;/h4-5,12,16H,3,6-11,13-14H2,1-2H3;1H. The van der Waals surface area contributed by atoms with Gasteiger partial charge in [0, 0.05) is 39.8 Å². The molecule has 1 fully saturated rings. The van der Waals surface area contributed by atoms with E-state index in [1.54, 1.807) is 7.11 Å². The highest BCUT2D eigenvalue weighted by molar-refractivity contribution is 5.85. The molecule has 0 saturated carbocycles. The molecule has 2 aliphatic heterocycles. The fraction of sp³-hybridized carbons (Fsp3) is 0.632. The summed E-state index contributed by atoms with van der Waals surface area (Å²) in [5, 5.41) is 12.3. The maximum Gasteiger partial charge on any atom is 0.231 e. The van der Waals surface area contributed by atoms with Crippen molar-refractivity contribution in [3.63, 3.8) is 0 Å². The van der Waals surface area contributed by atoms with Gasteiger partial charge in [0.25, 0.3) is 0 Å². The van der Waals surface area contributed by atoms with E-state index in [2.05, 4.69) is 44.4 Å². The second-order valence-electron chi connectivity index (χ2n) is 7.18. The van der Waals surface area contributed by atoms with Gasteiger partial charge in [-0.25, -0.2) is 4.68 Å². The van der Waals surface area contributed by atoms with Gasteiger partial charge in [0.05, 0.1) is 19.2 Å². The number of hydrogen-bond acceptors (Lipinski definition) is 8. The quantitative estimate of drug-likeness (QED) is 0.634. The summed E-state index contributed by atoms with van der Waals surface area (Å²) < 4.78 is 17.9. The first-order chi connectivity index (χ1) is 13.8. The van der Waals surface area contributed by atoms with Gasteiger partial charge >= 0.3 is 0 Å². The third kappa shape index (κ3) is 4.98. The zero-order chi connectivity index (χ0) is 19.3. The summed E-state index contributed by atoms with van der Waals surface area (Å²) in [7, 11) is 1.70. The van der Waals surface area contributed by atoms with Crippen molar-refractivity contribution in [2.75, 3.05) is 46.7 Å². The third-order valence-electron chi connectivity index (χ3n) is 5.44. The van der Waals surface area contributed by atoms with Gasteiger partial charge < -0.3 is 14.2 Å². The van der Waals surface area contributed by atoms with Crippen molar-refractivity contribution in [3.05, 3.63) is 29.6 Å². The largest absolute Gasteiger partial charge is 0.454 e. The maximum absolute atomic E-state index is 5.49. The van der Waals surface area contributed by atoms with Crippen LogP contribution in [0.1, 0.15) is 30.8 Å². The Morgan fingerprint density at radius 3 is 2.69 bits per heavy atom. The van der Waals surface area contributed by atoms with Crippen molar-refractivity contribution >= 4 is 12.4 Å². The summed E-state index contributed by atoms with van der Waals surface area (Å²) in [4.78, 5) is 4.97. The molecule has 4 rings (SSSR count). The smallest absolute Gasteiger partial charge is 0.231 e. The Hall–Kier alpha value is -1.94. The molecule has 29 heavy (non-hydrogen) atoms. The van der Waals surface area contributed by atoms with E-state index in [1.165, 1.54) is 5.56 Å². The highest BCUT2D eigenvalue weighted by atomic mass is 35.5. The zero-order valence-electron chi connectivity index (χ0n) is 17.0. The lowest BCUT2D eigenvalue weighted by Gasteiger charge is -2.38. The van der Waals surface area contributed by atoms with Crippen LogP contribution in [0.4, 0.5) is 0 Å². The van der Waals surface area contributed by atoms with Crippen LogP contribution in [0.15, 0.2) is 18.2 Å². The van der Waals surface area contributed by atoms with Gasteiger partial charge in [-0.2, -0.15) is 0 Å². The van der Waals surface area contributed by atoms with Crippen molar-refractivity contribution in [3.8, 4) is 11.5 Å². The molecule has 0 amide bonds. The van der Waals surface area contributed by atoms with Gasteiger partial charge in [-0.15, -0.1) is 17.5 Å². The Morgan fingerprint density at radius 1 is 1.14 bits per heavy atom. The van der Waals surface area contributed by atoms with E-state index in [4.69, 9.17) is 14.2 Å². The molecule has 0 N–H and O–H groups in total. The number of methoxy groups -OCH3 is 1. The fourth-order valence-corrected chi connectivity index (χ4v) is 3.92. The molecular weight excluding hydrogens is 396 g/mol. The van der Waals surface area contributed by atoms with Crippen LogP contribution in [-0.4, -0.2) is 76.7 Å². The van der Waals surface area contributed by atoms with E-state index in [-0.39, 0.29) is 18.4 Å². The molecule has 0 spiro atoms. The molecule has 1 aromatic heterocycles. The minimum Gasteiger partial charge on any atom is -0.454 e. The van der Waals surface area contributed by atoms with Crippen molar-refractivity contribution < 1.29 is 14.2 Å². The van der Waals surface area contributed by atoms with Crippen molar-refractivity contribution in [1.29, 1.82) is 0 Å². The molecule has 1 aromatic carbocycles. The molecule has 3 heterocycles. The molecule has 0 bridgehead atoms. The lowest BCUT2D eigenvalue weighted by atomic mass is 10.1. The number of fused-ring (bicyclic) bond motifs is 1. The number of nitrogens with zero attached hydrogens (tertiary/aromatic N) is 6. The van der Waals surface area contributed by atoms with Crippen LogP contribution >= 0.6 is 12.4 Å². The van der Waals surface area contributed by atoms with Crippen molar-refractivity contribution in [1.82, 2.24) is 30.0 Å². The minimum atomic E-state index is 0. The average Bonchev–Trinajstić information content (AvgIpc) is 3.37. The maximum atomic E-state index is 5.49. The van der Waals surface area contributed by atoms with E-state index in [9.17, 15) is 0 Å². The molecule has 2 aromatic rings. The summed E-state index contributed by atoms with van der Waals surface area (Å²) in [5.41, 5.74) is 1.26. The Morgan fingerprint density at radius 2 is 1.93 bits per heavy atom. The molecule has 10 heteroatoms. The number of ether oxygens (including phenoxy) is 3. The first kappa shape index (κ1) is 21.8. The fourth-order valence-electron chi connectivity index (χ4n) is 3.92. The molecule has 160 valence electrons. The SMILES string of the molecule is CCC(c1nnnn1CCOC)N1CCN(Cc2ccc3c(c2)OCO3)CC1.Cl. The van der Waals surface area contributed by atoms with E-state index < -0.39 is 0 Å². The number of aromatic nitrogens is 4. The Labute approximate surface area is 177 Å². The van der Waals surface area contributed by atoms with Crippen LogP contribution in [-0.2, 0) is 17.8 Å². The Bertz CT molecular complexity index is 781. The van der Waals surface area contributed by atoms with Gasteiger partial charge in [-0.1, -0.05) is 13.0 Å². The van der Waals surface area contributed by atoms with E-state index in [0.29, 0.717) is 19.9 Å². The molecule has 1 atom stereocenters. The van der Waals surface area contributed by atoms with Gasteiger partial charge in [0.1, 0.15) is 0 Å². The van der Waals surface area contributed by atoms with Crippen molar-refractivity contribution in [2.24, 2.45) is 0 Å². The second kappa shape index (κ2) is 10.2. The zero-order valence-corrected chi connectivity index (χ0v) is 17.8. The number of hydrogen-bond donors (Lipinski definition) is 0. The van der Waals surface area contributed by atoms with E-state index >= 15 is 0 Å². The molecule has 9 nitrogen and oxygen atoms in total. The summed E-state index contributed by atoms with van der Waals surface area (Å²) >= 11 is 0. The third-order valence-corrected chi connectivity index (χ3v) is 5.44. The first-order valence-corrected chi connectivity index (χ1v) is 9.88. The molecule has 1 saturated heterocycles. The van der Waals surface area contributed by atoms with Crippen LogP contribution in [0.5, 0.6) is 11.5 Å². The highest BCUT2D eigenvalue weighted by Gasteiger charge is 2.28. The highest BCUT2D eigenvalue weighted by Crippen LogP contribution is 2.33. The second-order valence-corrected chi connectivity index (χ2v) is 7.18. The van der Waals surface area contributed by atoms with Crippen LogP contribution in [0.25, 0.3) is 0 Å². The number of rotatable bonds is 8. The van der Waals surface area contributed by atoms with Crippen LogP contribution < -0.4 is 9.47 Å². The number of benzene rings is 1. The molecule has 0 aliphatic carbocycles. The lowest BCUT2D eigenvalue weighted by Crippen LogP contribution is -2.47. The predicted octanol–water partition coefficient (Wildman–Crippen LogP) is 1.74. The molecular formula is C19H29ClN6O3. The van der Waals surface area contributed by atoms with Gasteiger partial charge in [0.15, 0.2) is 17.3 Å². The predicted molar refractivity (Wildman–Crippen MR) is 109 cm³/mol. The molecule has 2 aliphatic rings. The average molecular weight is 425 g/mol. The number of halogens is 1. The van der Waals surface area contributed by atoms with Crippen LogP contribution in [0.3, 0.4) is 0 Å². The van der Waals surface area contributed by atoms with Crippen LogP contribution in [0.2, 0.25) is 0 Å². The summed E-state index contributed by atoms with van der Waals surface area (Å²) in [5.74, 6) is 2.62. The van der Waals surface area contributed by atoms with Crippen molar-refractivity contribution in [2.45, 2.75) is 32.5 Å². The number of piperazine rings is 1. The monoisotopic (exact) mass is 424 g/mol. The Balaban J connectivity index is 0.00000240. The lowest BCUT2D eigenvalue weighted by molar-refractivity contribution is 0.0830. The van der Waals surface area contributed by atoms with Gasteiger partial charge in [-0.05, 0) is 34.5 Å².